The third-order valence-electron chi connectivity index (χ3n) is 3.30. The standard InChI is InChI=1S/C17H16N4O3S2/c1-10-8-13(11(2)24-10)15(23)19-16-20-21-17(26-16)25-9-14(22)18-12-6-4-3-5-7-12/h3-8H,9H2,1-2H3,(H,18,22)(H,19,20,23). The maximum Gasteiger partial charge on any atom is 0.261 e. The second kappa shape index (κ2) is 8.15. The minimum Gasteiger partial charge on any atom is -0.466 e. The molecule has 2 aromatic heterocycles. The van der Waals surface area contributed by atoms with Crippen molar-refractivity contribution in [3.05, 3.63) is 53.5 Å². The Bertz CT molecular complexity index is 921. The second-order valence-electron chi connectivity index (χ2n) is 5.36. The fourth-order valence-electron chi connectivity index (χ4n) is 2.19. The molecule has 7 nitrogen and oxygen atoms in total. The van der Waals surface area contributed by atoms with Gasteiger partial charge in [-0.3, -0.25) is 14.9 Å². The Kier molecular flexibility index (Phi) is 5.69. The first-order valence-electron chi connectivity index (χ1n) is 7.71. The number of amides is 2. The normalized spacial score (nSPS) is 10.5. The van der Waals surface area contributed by atoms with Crippen molar-refractivity contribution in [2.75, 3.05) is 16.4 Å². The minimum absolute atomic E-state index is 0.133. The van der Waals surface area contributed by atoms with E-state index in [1.165, 1.54) is 23.1 Å². The highest BCUT2D eigenvalue weighted by Crippen LogP contribution is 2.26. The van der Waals surface area contributed by atoms with Crippen LogP contribution in [0, 0.1) is 13.8 Å². The van der Waals surface area contributed by atoms with Crippen molar-refractivity contribution in [3.8, 4) is 0 Å². The number of aromatic nitrogens is 2. The number of anilines is 2. The Morgan fingerprint density at radius 3 is 2.62 bits per heavy atom. The zero-order chi connectivity index (χ0) is 18.5. The van der Waals surface area contributed by atoms with E-state index in [9.17, 15) is 9.59 Å². The molecule has 0 aliphatic carbocycles. The lowest BCUT2D eigenvalue weighted by Gasteiger charge is -2.03. The maximum atomic E-state index is 12.2. The van der Waals surface area contributed by atoms with Crippen LogP contribution in [0.5, 0.6) is 0 Å². The molecule has 0 fully saturated rings. The average Bonchev–Trinajstić information content (AvgIpc) is 3.19. The number of carbonyl (C=O) groups is 2. The van der Waals surface area contributed by atoms with Gasteiger partial charge in [-0.1, -0.05) is 41.3 Å². The van der Waals surface area contributed by atoms with Crippen LogP contribution in [-0.4, -0.2) is 27.8 Å². The molecule has 134 valence electrons. The van der Waals surface area contributed by atoms with Crippen molar-refractivity contribution in [1.29, 1.82) is 0 Å². The molecule has 2 heterocycles. The molecular formula is C17H16N4O3S2. The van der Waals surface area contributed by atoms with E-state index < -0.39 is 0 Å². The average molecular weight is 388 g/mol. The summed E-state index contributed by atoms with van der Waals surface area (Å²) in [5.41, 5.74) is 1.21. The highest BCUT2D eigenvalue weighted by atomic mass is 32.2. The van der Waals surface area contributed by atoms with Crippen molar-refractivity contribution in [2.45, 2.75) is 18.2 Å². The molecule has 0 saturated carbocycles. The summed E-state index contributed by atoms with van der Waals surface area (Å²) in [6, 6.07) is 10.9. The first-order chi connectivity index (χ1) is 12.5. The summed E-state index contributed by atoms with van der Waals surface area (Å²) >= 11 is 2.48. The third-order valence-corrected chi connectivity index (χ3v) is 5.27. The highest BCUT2D eigenvalue weighted by Gasteiger charge is 2.16. The third kappa shape index (κ3) is 4.70. The van der Waals surface area contributed by atoms with E-state index in [2.05, 4.69) is 20.8 Å². The Morgan fingerprint density at radius 1 is 1.15 bits per heavy atom. The zero-order valence-electron chi connectivity index (χ0n) is 14.1. The molecule has 0 radical (unpaired) electrons. The number of benzene rings is 1. The van der Waals surface area contributed by atoms with E-state index in [0.717, 1.165) is 5.69 Å². The van der Waals surface area contributed by atoms with Crippen molar-refractivity contribution < 1.29 is 14.0 Å². The molecule has 9 heteroatoms. The number of para-hydroxylation sites is 1. The Balaban J connectivity index is 1.52. The molecule has 0 aliphatic rings. The molecule has 26 heavy (non-hydrogen) atoms. The lowest BCUT2D eigenvalue weighted by Crippen LogP contribution is -2.13. The number of rotatable bonds is 6. The van der Waals surface area contributed by atoms with E-state index in [1.54, 1.807) is 19.9 Å². The van der Waals surface area contributed by atoms with E-state index in [4.69, 9.17) is 4.42 Å². The second-order valence-corrected chi connectivity index (χ2v) is 7.56. The fourth-order valence-corrected chi connectivity index (χ4v) is 3.73. The van der Waals surface area contributed by atoms with Gasteiger partial charge in [0.05, 0.1) is 11.3 Å². The van der Waals surface area contributed by atoms with Gasteiger partial charge in [-0.2, -0.15) is 0 Å². The van der Waals surface area contributed by atoms with Crippen molar-refractivity contribution in [3.63, 3.8) is 0 Å². The van der Waals surface area contributed by atoms with E-state index >= 15 is 0 Å². The van der Waals surface area contributed by atoms with Crippen LogP contribution in [0.2, 0.25) is 0 Å². The van der Waals surface area contributed by atoms with Gasteiger partial charge in [0.1, 0.15) is 11.5 Å². The van der Waals surface area contributed by atoms with Crippen molar-refractivity contribution in [2.24, 2.45) is 0 Å². The van der Waals surface area contributed by atoms with E-state index in [0.29, 0.717) is 26.6 Å². The van der Waals surface area contributed by atoms with Crippen molar-refractivity contribution in [1.82, 2.24) is 10.2 Å². The summed E-state index contributed by atoms with van der Waals surface area (Å²) in [5.74, 6) is 1.000. The van der Waals surface area contributed by atoms with Gasteiger partial charge in [0, 0.05) is 5.69 Å². The smallest absolute Gasteiger partial charge is 0.261 e. The predicted molar refractivity (Wildman–Crippen MR) is 102 cm³/mol. The summed E-state index contributed by atoms with van der Waals surface area (Å²) in [4.78, 5) is 24.2. The van der Waals surface area contributed by atoms with Crippen LogP contribution in [-0.2, 0) is 4.79 Å². The van der Waals surface area contributed by atoms with Crippen LogP contribution in [0.1, 0.15) is 21.9 Å². The molecule has 1 aromatic carbocycles. The number of furan rings is 1. The summed E-state index contributed by atoms with van der Waals surface area (Å²) in [6.45, 7) is 3.51. The highest BCUT2D eigenvalue weighted by molar-refractivity contribution is 8.01. The van der Waals surface area contributed by atoms with Crippen molar-refractivity contribution >= 4 is 45.7 Å². The topological polar surface area (TPSA) is 97.1 Å². The lowest BCUT2D eigenvalue weighted by atomic mass is 10.2. The van der Waals surface area contributed by atoms with Gasteiger partial charge in [0.15, 0.2) is 4.34 Å². The Morgan fingerprint density at radius 2 is 1.92 bits per heavy atom. The van der Waals surface area contributed by atoms with Gasteiger partial charge in [0.25, 0.3) is 5.91 Å². The molecule has 0 atom stereocenters. The molecule has 0 spiro atoms. The molecule has 2 amide bonds. The molecule has 0 bridgehead atoms. The minimum atomic E-state index is -0.297. The number of hydrogen-bond donors (Lipinski definition) is 2. The summed E-state index contributed by atoms with van der Waals surface area (Å²) in [5, 5.41) is 13.8. The largest absolute Gasteiger partial charge is 0.466 e. The van der Waals surface area contributed by atoms with Gasteiger partial charge in [-0.15, -0.1) is 10.2 Å². The van der Waals surface area contributed by atoms with E-state index in [1.807, 2.05) is 30.3 Å². The quantitative estimate of drug-likeness (QED) is 0.493. The van der Waals surface area contributed by atoms with Crippen LogP contribution in [0.3, 0.4) is 0 Å². The summed E-state index contributed by atoms with van der Waals surface area (Å²) < 4.78 is 5.95. The van der Waals surface area contributed by atoms with Gasteiger partial charge in [-0.25, -0.2) is 0 Å². The van der Waals surface area contributed by atoms with Gasteiger partial charge >= 0.3 is 0 Å². The molecule has 0 unspecified atom stereocenters. The molecule has 3 aromatic rings. The molecule has 0 aliphatic heterocycles. The maximum absolute atomic E-state index is 12.2. The monoisotopic (exact) mass is 388 g/mol. The number of thioether (sulfide) groups is 1. The predicted octanol–water partition coefficient (Wildman–Crippen LogP) is 3.73. The van der Waals surface area contributed by atoms with Gasteiger partial charge in [-0.05, 0) is 32.0 Å². The summed E-state index contributed by atoms with van der Waals surface area (Å²) in [7, 11) is 0. The molecule has 2 N–H and O–H groups in total. The first kappa shape index (κ1) is 18.2. The zero-order valence-corrected chi connectivity index (χ0v) is 15.7. The van der Waals surface area contributed by atoms with Crippen LogP contribution in [0.4, 0.5) is 10.8 Å². The van der Waals surface area contributed by atoms with E-state index in [-0.39, 0.29) is 17.6 Å². The molecule has 0 saturated heterocycles. The van der Waals surface area contributed by atoms with Crippen LogP contribution in [0.15, 0.2) is 45.2 Å². The number of aryl methyl sites for hydroxylation is 2. The first-order valence-corrected chi connectivity index (χ1v) is 9.51. The fraction of sp³-hybridized carbons (Fsp3) is 0.176. The summed E-state index contributed by atoms with van der Waals surface area (Å²) in [6.07, 6.45) is 0. The number of hydrogen-bond acceptors (Lipinski definition) is 7. The molecule has 3 rings (SSSR count). The number of carbonyl (C=O) groups excluding carboxylic acids is 2. The van der Waals surface area contributed by atoms with Crippen LogP contribution >= 0.6 is 23.1 Å². The van der Waals surface area contributed by atoms with Crippen LogP contribution < -0.4 is 10.6 Å². The Labute approximate surface area is 158 Å². The van der Waals surface area contributed by atoms with Gasteiger partial charge < -0.3 is 9.73 Å². The number of nitrogens with one attached hydrogen (secondary N) is 2. The van der Waals surface area contributed by atoms with Gasteiger partial charge in [0.2, 0.25) is 11.0 Å². The SMILES string of the molecule is Cc1cc(C(=O)Nc2nnc(SCC(=O)Nc3ccccc3)s2)c(C)o1. The lowest BCUT2D eigenvalue weighted by molar-refractivity contribution is -0.113. The molecular weight excluding hydrogens is 372 g/mol. The Hall–Kier alpha value is -2.65. The van der Waals surface area contributed by atoms with Crippen LogP contribution in [0.25, 0.3) is 0 Å². The number of nitrogens with zero attached hydrogens (tertiary/aromatic N) is 2.